The third-order valence-corrected chi connectivity index (χ3v) is 6.91. The monoisotopic (exact) mass is 515 g/mol. The molecule has 2 aromatic heterocycles. The highest BCUT2D eigenvalue weighted by atomic mass is 32.1. The second-order valence-electron chi connectivity index (χ2n) is 8.11. The summed E-state index contributed by atoms with van der Waals surface area (Å²) in [5.74, 6) is -0.933. The van der Waals surface area contributed by atoms with Gasteiger partial charge in [0.25, 0.3) is 11.8 Å². The summed E-state index contributed by atoms with van der Waals surface area (Å²) in [4.78, 5) is 41.3. The Bertz CT molecular complexity index is 1180. The number of para-hydroxylation sites is 2. The number of nitrogen functional groups attached to an aromatic ring is 1. The van der Waals surface area contributed by atoms with Crippen LogP contribution >= 0.6 is 22.9 Å². The van der Waals surface area contributed by atoms with Crippen molar-refractivity contribution in [3.05, 3.63) is 57.2 Å². The summed E-state index contributed by atoms with van der Waals surface area (Å²) in [6, 6.07) is 9.58. The Labute approximate surface area is 212 Å². The van der Waals surface area contributed by atoms with E-state index in [1.165, 1.54) is 16.2 Å². The lowest BCUT2D eigenvalue weighted by molar-refractivity contribution is -0.122. The second-order valence-corrected chi connectivity index (χ2v) is 9.86. The number of carbonyl (C=O) groups excluding carboxylic acids is 3. The van der Waals surface area contributed by atoms with E-state index < -0.39 is 17.9 Å². The zero-order chi connectivity index (χ0) is 25.5. The summed E-state index contributed by atoms with van der Waals surface area (Å²) in [5.41, 5.74) is 11.6. The number of hydrogen-bond acceptors (Lipinski definition) is 8. The smallest absolute Gasteiger partial charge is 0.273 e. The molecule has 186 valence electrons. The Kier molecular flexibility index (Phi) is 8.83. The van der Waals surface area contributed by atoms with Gasteiger partial charge >= 0.3 is 0 Å². The van der Waals surface area contributed by atoms with Crippen LogP contribution in [0.15, 0.2) is 41.8 Å². The molecule has 0 fully saturated rings. The van der Waals surface area contributed by atoms with Crippen LogP contribution in [-0.2, 0) is 4.79 Å². The van der Waals surface area contributed by atoms with Gasteiger partial charge in [-0.15, -0.1) is 11.3 Å². The predicted octanol–water partition coefficient (Wildman–Crippen LogP) is 3.83. The van der Waals surface area contributed by atoms with Gasteiger partial charge in [0, 0.05) is 11.4 Å². The molecule has 1 unspecified atom stereocenters. The van der Waals surface area contributed by atoms with Crippen molar-refractivity contribution in [1.29, 1.82) is 0 Å². The largest absolute Gasteiger partial charge is 0.492 e. The molecule has 0 saturated carbocycles. The Morgan fingerprint density at radius 3 is 2.51 bits per heavy atom. The molecule has 1 aromatic carbocycles. The van der Waals surface area contributed by atoms with Crippen molar-refractivity contribution in [2.24, 2.45) is 11.7 Å². The molecular weight excluding hydrogens is 486 g/mol. The number of hydrogen-bond donors (Lipinski definition) is 3. The summed E-state index contributed by atoms with van der Waals surface area (Å²) in [6.07, 6.45) is 0.788. The molecule has 3 rings (SSSR count). The lowest BCUT2D eigenvalue weighted by Crippen LogP contribution is -2.44. The van der Waals surface area contributed by atoms with Crippen LogP contribution in [0, 0.1) is 5.92 Å². The Morgan fingerprint density at radius 1 is 1.17 bits per heavy atom. The van der Waals surface area contributed by atoms with Gasteiger partial charge in [-0.25, -0.2) is 0 Å². The van der Waals surface area contributed by atoms with E-state index >= 15 is 0 Å². The van der Waals surface area contributed by atoms with Crippen molar-refractivity contribution >= 4 is 52.0 Å². The van der Waals surface area contributed by atoms with Crippen molar-refractivity contribution < 1.29 is 19.1 Å². The van der Waals surface area contributed by atoms with Crippen molar-refractivity contribution in [2.75, 3.05) is 23.8 Å². The fourth-order valence-corrected chi connectivity index (χ4v) is 4.99. The zero-order valence-electron chi connectivity index (χ0n) is 19.8. The number of aromatic nitrogens is 1. The number of anilines is 2. The second kappa shape index (κ2) is 11.8. The maximum atomic E-state index is 14.0. The highest BCUT2D eigenvalue weighted by Gasteiger charge is 2.37. The van der Waals surface area contributed by atoms with E-state index in [1.54, 1.807) is 30.3 Å². The van der Waals surface area contributed by atoms with Crippen LogP contribution < -0.4 is 26.4 Å². The van der Waals surface area contributed by atoms with Gasteiger partial charge in [-0.05, 0) is 54.4 Å². The minimum atomic E-state index is -1.00. The Balaban J connectivity index is 2.16. The van der Waals surface area contributed by atoms with Crippen LogP contribution in [0.3, 0.4) is 0 Å². The maximum Gasteiger partial charge on any atom is 0.273 e. The normalized spacial score (nSPS) is 11.8. The van der Waals surface area contributed by atoms with E-state index in [9.17, 15) is 14.4 Å². The third kappa shape index (κ3) is 5.98. The van der Waals surface area contributed by atoms with Gasteiger partial charge in [-0.3, -0.25) is 19.3 Å². The quantitative estimate of drug-likeness (QED) is 0.354. The third-order valence-electron chi connectivity index (χ3n) is 5.14. The van der Waals surface area contributed by atoms with Gasteiger partial charge in [0.05, 0.1) is 18.0 Å². The van der Waals surface area contributed by atoms with Gasteiger partial charge in [-0.2, -0.15) is 4.37 Å². The SMILES string of the molecule is CCOc1ccccc1N(C(=O)c1snc(C(N)=O)c1N)C(C(=O)NCCC(C)C)c1cccs1. The summed E-state index contributed by atoms with van der Waals surface area (Å²) in [5, 5.41) is 4.80. The van der Waals surface area contributed by atoms with Gasteiger partial charge in [0.2, 0.25) is 5.91 Å². The van der Waals surface area contributed by atoms with Crippen LogP contribution in [-0.4, -0.2) is 35.2 Å². The van der Waals surface area contributed by atoms with Gasteiger partial charge in [0.1, 0.15) is 10.6 Å². The van der Waals surface area contributed by atoms with Crippen molar-refractivity contribution in [3.63, 3.8) is 0 Å². The number of amides is 3. The van der Waals surface area contributed by atoms with Crippen molar-refractivity contribution in [3.8, 4) is 5.75 Å². The first-order valence-electron chi connectivity index (χ1n) is 11.2. The number of nitrogens with one attached hydrogen (secondary N) is 1. The molecule has 0 saturated heterocycles. The summed E-state index contributed by atoms with van der Waals surface area (Å²) < 4.78 is 9.77. The number of rotatable bonds is 11. The first-order chi connectivity index (χ1) is 16.8. The zero-order valence-corrected chi connectivity index (χ0v) is 21.4. The van der Waals surface area contributed by atoms with Gasteiger partial charge < -0.3 is 21.5 Å². The summed E-state index contributed by atoms with van der Waals surface area (Å²) >= 11 is 2.12. The molecule has 0 radical (unpaired) electrons. The molecule has 0 aliphatic rings. The highest BCUT2D eigenvalue weighted by molar-refractivity contribution is 7.10. The Morgan fingerprint density at radius 2 is 1.91 bits per heavy atom. The lowest BCUT2D eigenvalue weighted by atomic mass is 10.1. The minimum absolute atomic E-state index is 0.0154. The molecule has 0 aliphatic heterocycles. The molecule has 11 heteroatoms. The first kappa shape index (κ1) is 26.2. The minimum Gasteiger partial charge on any atom is -0.492 e. The average molecular weight is 516 g/mol. The highest BCUT2D eigenvalue weighted by Crippen LogP contribution is 2.39. The predicted molar refractivity (Wildman–Crippen MR) is 139 cm³/mol. The van der Waals surface area contributed by atoms with Gasteiger partial charge in [0.15, 0.2) is 11.7 Å². The lowest BCUT2D eigenvalue weighted by Gasteiger charge is -2.31. The van der Waals surface area contributed by atoms with Crippen molar-refractivity contribution in [1.82, 2.24) is 9.69 Å². The molecule has 3 aromatic rings. The number of primary amides is 1. The average Bonchev–Trinajstić information content (AvgIpc) is 3.47. The molecule has 0 spiro atoms. The van der Waals surface area contributed by atoms with E-state index in [2.05, 4.69) is 23.5 Å². The molecule has 0 bridgehead atoms. The number of ether oxygens (including phenoxy) is 1. The Hall–Kier alpha value is -3.44. The fourth-order valence-electron chi connectivity index (χ4n) is 3.44. The van der Waals surface area contributed by atoms with E-state index in [0.717, 1.165) is 18.0 Å². The number of nitrogens with zero attached hydrogens (tertiary/aromatic N) is 2. The van der Waals surface area contributed by atoms with E-state index in [-0.39, 0.29) is 22.2 Å². The molecular formula is C24H29N5O4S2. The van der Waals surface area contributed by atoms with Crippen LogP contribution in [0.25, 0.3) is 0 Å². The molecule has 35 heavy (non-hydrogen) atoms. The number of nitrogens with two attached hydrogens (primary N) is 2. The van der Waals surface area contributed by atoms with Crippen LogP contribution in [0.2, 0.25) is 0 Å². The topological polar surface area (TPSA) is 141 Å². The van der Waals surface area contributed by atoms with Crippen LogP contribution in [0.1, 0.15) is 58.3 Å². The van der Waals surface area contributed by atoms with Gasteiger partial charge in [-0.1, -0.05) is 32.0 Å². The molecule has 2 heterocycles. The maximum absolute atomic E-state index is 14.0. The summed E-state index contributed by atoms with van der Waals surface area (Å²) in [6.45, 7) is 6.79. The molecule has 1 atom stereocenters. The first-order valence-corrected chi connectivity index (χ1v) is 12.8. The van der Waals surface area contributed by atoms with Crippen LogP contribution in [0.5, 0.6) is 5.75 Å². The fraction of sp³-hybridized carbons (Fsp3) is 0.333. The van der Waals surface area contributed by atoms with E-state index in [0.29, 0.717) is 35.4 Å². The van der Waals surface area contributed by atoms with E-state index in [1.807, 2.05) is 18.4 Å². The van der Waals surface area contributed by atoms with Crippen LogP contribution in [0.4, 0.5) is 11.4 Å². The number of carbonyl (C=O) groups is 3. The van der Waals surface area contributed by atoms with Crippen molar-refractivity contribution in [2.45, 2.75) is 33.2 Å². The molecule has 0 aliphatic carbocycles. The standard InChI is InChI=1S/C24H29N5O4S2/c1-4-33-16-9-6-5-8-15(16)29(24(32)21-18(25)19(22(26)30)28-35-21)20(17-10-7-13-34-17)23(31)27-12-11-14(2)3/h5-10,13-14,20H,4,11-12,25H2,1-3H3,(H2,26,30)(H,27,31). The molecule has 9 nitrogen and oxygen atoms in total. The molecule has 3 amide bonds. The van der Waals surface area contributed by atoms with E-state index in [4.69, 9.17) is 16.2 Å². The number of benzene rings is 1. The molecule has 5 N–H and O–H groups in total. The number of thiophene rings is 1. The summed E-state index contributed by atoms with van der Waals surface area (Å²) in [7, 11) is 0.